The highest BCUT2D eigenvalue weighted by atomic mass is 16.5. The second-order valence-corrected chi connectivity index (χ2v) is 14.1. The van der Waals surface area contributed by atoms with Gasteiger partial charge in [0.05, 0.1) is 30.1 Å². The van der Waals surface area contributed by atoms with Crippen LogP contribution in [0.3, 0.4) is 0 Å². The van der Waals surface area contributed by atoms with Crippen molar-refractivity contribution in [2.45, 2.75) is 123 Å². The summed E-state index contributed by atoms with van der Waals surface area (Å²) >= 11 is 0. The highest BCUT2D eigenvalue weighted by Gasteiger charge is 2.62. The molecule has 4 fully saturated rings. The zero-order valence-electron chi connectivity index (χ0n) is 22.8. The number of hydrogen-bond donors (Lipinski definition) is 3. The van der Waals surface area contributed by atoms with Crippen LogP contribution in [0, 0.1) is 46.3 Å². The van der Waals surface area contributed by atoms with Gasteiger partial charge in [-0.2, -0.15) is 5.10 Å². The van der Waals surface area contributed by atoms with Crippen molar-refractivity contribution >= 4 is 0 Å². The maximum Gasteiger partial charge on any atom is 0.0887 e. The van der Waals surface area contributed by atoms with Crippen LogP contribution in [0.2, 0.25) is 0 Å². The molecular weight excluding hydrogens is 436 g/mol. The van der Waals surface area contributed by atoms with E-state index in [1.165, 1.54) is 38.5 Å². The Morgan fingerprint density at radius 2 is 1.77 bits per heavy atom. The molecule has 198 valence electrons. The molecule has 1 aromatic rings. The van der Waals surface area contributed by atoms with Crippen molar-refractivity contribution in [3.8, 4) is 0 Å². The van der Waals surface area contributed by atoms with Gasteiger partial charge in [-0.3, -0.25) is 5.10 Å². The Labute approximate surface area is 212 Å². The number of ether oxygens (including phenoxy) is 1. The average molecular weight is 487 g/mol. The first-order valence-corrected chi connectivity index (χ1v) is 14.5. The number of aromatic nitrogens is 2. The van der Waals surface area contributed by atoms with E-state index in [2.05, 4.69) is 31.0 Å². The number of aromatic amines is 1. The second-order valence-electron chi connectivity index (χ2n) is 14.1. The molecule has 0 saturated heterocycles. The minimum absolute atomic E-state index is 0.0609. The van der Waals surface area contributed by atoms with Gasteiger partial charge in [-0.15, -0.1) is 0 Å². The molecule has 4 saturated carbocycles. The van der Waals surface area contributed by atoms with Crippen molar-refractivity contribution in [1.82, 2.24) is 10.2 Å². The van der Waals surface area contributed by atoms with Crippen molar-refractivity contribution < 1.29 is 14.9 Å². The fourth-order valence-corrected chi connectivity index (χ4v) is 9.80. The van der Waals surface area contributed by atoms with E-state index in [1.54, 1.807) is 6.20 Å². The summed E-state index contributed by atoms with van der Waals surface area (Å²) in [5.41, 5.74) is 1.11. The fraction of sp³-hybridized carbons (Fsp3) is 0.900. The molecule has 5 heteroatoms. The molecule has 0 bridgehead atoms. The van der Waals surface area contributed by atoms with Crippen LogP contribution in [-0.4, -0.2) is 38.2 Å². The van der Waals surface area contributed by atoms with Gasteiger partial charge in [0.1, 0.15) is 0 Å². The molecule has 10 atom stereocenters. The smallest absolute Gasteiger partial charge is 0.0887 e. The Balaban J connectivity index is 1.26. The minimum atomic E-state index is -0.556. The van der Waals surface area contributed by atoms with Gasteiger partial charge >= 0.3 is 0 Å². The van der Waals surface area contributed by atoms with Crippen molar-refractivity contribution in [1.29, 1.82) is 0 Å². The Morgan fingerprint density at radius 3 is 2.49 bits per heavy atom. The van der Waals surface area contributed by atoms with E-state index < -0.39 is 5.60 Å². The summed E-state index contributed by atoms with van der Waals surface area (Å²) in [6.07, 6.45) is 13.4. The third-order valence-electron chi connectivity index (χ3n) is 11.7. The van der Waals surface area contributed by atoms with Gasteiger partial charge < -0.3 is 14.9 Å². The highest BCUT2D eigenvalue weighted by Crippen LogP contribution is 2.68. The van der Waals surface area contributed by atoms with E-state index in [-0.39, 0.29) is 17.6 Å². The lowest BCUT2D eigenvalue weighted by molar-refractivity contribution is -0.188. The number of rotatable bonds is 7. The van der Waals surface area contributed by atoms with E-state index in [1.807, 2.05) is 19.9 Å². The van der Waals surface area contributed by atoms with Gasteiger partial charge in [-0.05, 0) is 130 Å². The van der Waals surface area contributed by atoms with Crippen LogP contribution in [0.15, 0.2) is 12.3 Å². The molecule has 1 heterocycles. The van der Waals surface area contributed by atoms with Crippen LogP contribution < -0.4 is 0 Å². The number of H-pyrrole nitrogens is 1. The first-order chi connectivity index (χ1) is 16.5. The summed E-state index contributed by atoms with van der Waals surface area (Å²) in [5.74, 6) is 4.23. The van der Waals surface area contributed by atoms with Crippen LogP contribution in [0.4, 0.5) is 0 Å². The predicted octanol–water partition coefficient (Wildman–Crippen LogP) is 6.11. The van der Waals surface area contributed by atoms with Crippen molar-refractivity contribution in [2.75, 3.05) is 0 Å². The summed E-state index contributed by atoms with van der Waals surface area (Å²) in [4.78, 5) is 0. The molecule has 0 aliphatic heterocycles. The first kappa shape index (κ1) is 25.7. The zero-order chi connectivity index (χ0) is 25.0. The standard InChI is InChI=1S/C30H50N2O3/c1-19(10-14-28(2,3)34)22-8-9-23-21-6-7-25-27(33)26(35-18-20-13-17-31-32-20)12-16-30(25,5)24(21)11-15-29(22,23)4/h13,17,19,21-27,33-34H,6-12,14-16,18H2,1-5H3,(H,31,32)/t19-,21+,22-,23+,24+,25+,26+,27-,29-,30-/m1/s1. The molecule has 4 aliphatic carbocycles. The fourth-order valence-electron chi connectivity index (χ4n) is 9.80. The Hall–Kier alpha value is -0.910. The van der Waals surface area contributed by atoms with Crippen LogP contribution in [0.1, 0.15) is 105 Å². The molecule has 0 aromatic carbocycles. The van der Waals surface area contributed by atoms with Gasteiger partial charge in [-0.25, -0.2) is 0 Å². The summed E-state index contributed by atoms with van der Waals surface area (Å²) in [7, 11) is 0. The molecule has 0 spiro atoms. The Kier molecular flexibility index (Phi) is 6.94. The SMILES string of the molecule is C[C@H](CCC(C)(C)O)[C@H]1CC[C@H]2[C@@H]3CC[C@H]4[C@@H](O)[C@@H](OCc5ccn[nH]5)CC[C@]4(C)[C@H]3CC[C@]12C. The molecule has 4 aliphatic rings. The quantitative estimate of drug-likeness (QED) is 0.434. The van der Waals surface area contributed by atoms with Crippen molar-refractivity contribution in [2.24, 2.45) is 46.3 Å². The normalized spacial score (nSPS) is 44.4. The highest BCUT2D eigenvalue weighted by molar-refractivity contribution is 5.11. The first-order valence-electron chi connectivity index (χ1n) is 14.5. The van der Waals surface area contributed by atoms with Gasteiger partial charge in [0.2, 0.25) is 0 Å². The van der Waals surface area contributed by atoms with E-state index in [4.69, 9.17) is 4.74 Å². The molecular formula is C30H50N2O3. The number of hydrogen-bond acceptors (Lipinski definition) is 4. The monoisotopic (exact) mass is 486 g/mol. The van der Waals surface area contributed by atoms with Gasteiger partial charge in [0, 0.05) is 6.20 Å². The Morgan fingerprint density at radius 1 is 1.06 bits per heavy atom. The largest absolute Gasteiger partial charge is 0.390 e. The van der Waals surface area contributed by atoms with Crippen LogP contribution in [0.25, 0.3) is 0 Å². The molecule has 5 nitrogen and oxygen atoms in total. The number of nitrogens with zero attached hydrogens (tertiary/aromatic N) is 1. The minimum Gasteiger partial charge on any atom is -0.390 e. The maximum atomic E-state index is 11.5. The lowest BCUT2D eigenvalue weighted by Crippen LogP contribution is -2.58. The third kappa shape index (κ3) is 4.63. The van der Waals surface area contributed by atoms with Crippen LogP contribution in [-0.2, 0) is 11.3 Å². The van der Waals surface area contributed by atoms with Crippen LogP contribution in [0.5, 0.6) is 0 Å². The lowest BCUT2D eigenvalue weighted by Gasteiger charge is -2.62. The van der Waals surface area contributed by atoms with E-state index in [0.29, 0.717) is 23.9 Å². The van der Waals surface area contributed by atoms with E-state index in [0.717, 1.165) is 55.0 Å². The summed E-state index contributed by atoms with van der Waals surface area (Å²) < 4.78 is 6.20. The van der Waals surface area contributed by atoms with E-state index in [9.17, 15) is 10.2 Å². The topological polar surface area (TPSA) is 78.4 Å². The molecule has 0 amide bonds. The van der Waals surface area contributed by atoms with Crippen molar-refractivity contribution in [3.05, 3.63) is 18.0 Å². The number of aliphatic hydroxyl groups is 2. The van der Waals surface area contributed by atoms with Gasteiger partial charge in [0.25, 0.3) is 0 Å². The van der Waals surface area contributed by atoms with Crippen molar-refractivity contribution in [3.63, 3.8) is 0 Å². The number of aliphatic hydroxyl groups excluding tert-OH is 1. The van der Waals surface area contributed by atoms with Gasteiger partial charge in [0.15, 0.2) is 0 Å². The molecule has 5 rings (SSSR count). The lowest BCUT2D eigenvalue weighted by atomic mass is 9.44. The Bertz CT molecular complexity index is 850. The van der Waals surface area contributed by atoms with E-state index >= 15 is 0 Å². The zero-order valence-corrected chi connectivity index (χ0v) is 22.8. The van der Waals surface area contributed by atoms with Crippen LogP contribution >= 0.6 is 0 Å². The second kappa shape index (κ2) is 9.44. The summed E-state index contributed by atoms with van der Waals surface area (Å²) in [6.45, 7) is 12.0. The third-order valence-corrected chi connectivity index (χ3v) is 11.7. The molecule has 0 unspecified atom stereocenters. The molecule has 35 heavy (non-hydrogen) atoms. The predicted molar refractivity (Wildman–Crippen MR) is 138 cm³/mol. The average Bonchev–Trinajstić information content (AvgIpc) is 3.44. The van der Waals surface area contributed by atoms with Gasteiger partial charge in [-0.1, -0.05) is 20.8 Å². The molecule has 0 radical (unpaired) electrons. The maximum absolute atomic E-state index is 11.5. The molecule has 3 N–H and O–H groups in total. The summed E-state index contributed by atoms with van der Waals surface area (Å²) in [5, 5.41) is 28.7. The number of nitrogens with one attached hydrogen (secondary N) is 1. The molecule has 1 aromatic heterocycles. The number of fused-ring (bicyclic) bond motifs is 5. The summed E-state index contributed by atoms with van der Waals surface area (Å²) in [6, 6.07) is 1.95.